The Morgan fingerprint density at radius 3 is 2.91 bits per heavy atom. The number of carbonyl (C=O) groups is 1. The second-order valence-corrected chi connectivity index (χ2v) is 5.26. The summed E-state index contributed by atoms with van der Waals surface area (Å²) >= 11 is 5.73. The molecule has 0 aliphatic carbocycles. The molecule has 2 N–H and O–H groups in total. The van der Waals surface area contributed by atoms with Crippen LogP contribution in [0.4, 0.5) is 5.69 Å². The van der Waals surface area contributed by atoms with Crippen molar-refractivity contribution < 1.29 is 14.5 Å². The van der Waals surface area contributed by atoms with Crippen LogP contribution in [0.1, 0.15) is 13.3 Å². The van der Waals surface area contributed by atoms with Crippen LogP contribution < -0.4 is 15.4 Å². The summed E-state index contributed by atoms with van der Waals surface area (Å²) in [6.45, 7) is 3.14. The predicted molar refractivity (Wildman–Crippen MR) is 84.9 cm³/mol. The fourth-order valence-electron chi connectivity index (χ4n) is 2.07. The Kier molecular flexibility index (Phi) is 6.86. The lowest BCUT2D eigenvalue weighted by Gasteiger charge is -2.17. The highest BCUT2D eigenvalue weighted by Crippen LogP contribution is 2.30. The van der Waals surface area contributed by atoms with Crippen molar-refractivity contribution in [2.45, 2.75) is 25.5 Å². The molecule has 0 aromatic heterocycles. The Balaban J connectivity index is 0.00000242. The first-order chi connectivity index (χ1) is 9.97. The van der Waals surface area contributed by atoms with Gasteiger partial charge in [-0.15, -0.1) is 12.4 Å². The number of benzene rings is 1. The highest BCUT2D eigenvalue weighted by atomic mass is 35.5. The van der Waals surface area contributed by atoms with Crippen molar-refractivity contribution in [1.29, 1.82) is 0 Å². The third kappa shape index (κ3) is 4.72. The highest BCUT2D eigenvalue weighted by molar-refractivity contribution is 6.30. The average Bonchev–Trinajstić information content (AvgIpc) is 2.93. The standard InChI is InChI=1S/C13H16ClN3O4.ClH/c1-8(13(18)16-10-4-5-15-7-10)21-12-3-2-9(14)6-11(12)17(19)20;/h2-3,6,8,10,15H,4-5,7H2,1H3,(H,16,18);1H. The minimum Gasteiger partial charge on any atom is -0.474 e. The number of halogens is 2. The summed E-state index contributed by atoms with van der Waals surface area (Å²) in [6.07, 6.45) is 0.0324. The number of rotatable bonds is 5. The largest absolute Gasteiger partial charge is 0.474 e. The summed E-state index contributed by atoms with van der Waals surface area (Å²) in [5.74, 6) is -0.274. The monoisotopic (exact) mass is 349 g/mol. The molecule has 2 unspecified atom stereocenters. The Hall–Kier alpha value is -1.57. The Morgan fingerprint density at radius 2 is 2.32 bits per heavy atom. The van der Waals surface area contributed by atoms with E-state index < -0.39 is 11.0 Å². The first-order valence-corrected chi connectivity index (χ1v) is 6.97. The maximum absolute atomic E-state index is 12.0. The van der Waals surface area contributed by atoms with Gasteiger partial charge in [-0.3, -0.25) is 14.9 Å². The van der Waals surface area contributed by atoms with Gasteiger partial charge >= 0.3 is 5.69 Å². The second kappa shape index (κ2) is 8.17. The molecule has 1 aliphatic heterocycles. The number of hydrogen-bond donors (Lipinski definition) is 2. The fraction of sp³-hybridized carbons (Fsp3) is 0.462. The molecule has 0 bridgehead atoms. The van der Waals surface area contributed by atoms with Crippen LogP contribution in [0.5, 0.6) is 5.75 Å². The quantitative estimate of drug-likeness (QED) is 0.625. The number of amides is 1. The molecule has 2 rings (SSSR count). The van der Waals surface area contributed by atoms with Crippen molar-refractivity contribution in [3.8, 4) is 5.75 Å². The highest BCUT2D eigenvalue weighted by Gasteiger charge is 2.24. The van der Waals surface area contributed by atoms with Gasteiger partial charge in [0.2, 0.25) is 0 Å². The number of nitro groups is 1. The van der Waals surface area contributed by atoms with Gasteiger partial charge in [0.1, 0.15) is 0 Å². The van der Waals surface area contributed by atoms with E-state index in [0.29, 0.717) is 0 Å². The molecule has 1 aromatic carbocycles. The minimum atomic E-state index is -0.828. The van der Waals surface area contributed by atoms with Crippen molar-refractivity contribution in [1.82, 2.24) is 10.6 Å². The number of nitro benzene ring substituents is 1. The maximum Gasteiger partial charge on any atom is 0.312 e. The summed E-state index contributed by atoms with van der Waals surface area (Å²) in [7, 11) is 0. The van der Waals surface area contributed by atoms with Gasteiger partial charge in [-0.2, -0.15) is 0 Å². The Labute approximate surface area is 138 Å². The lowest BCUT2D eigenvalue weighted by atomic mass is 10.2. The van der Waals surface area contributed by atoms with E-state index >= 15 is 0 Å². The van der Waals surface area contributed by atoms with Crippen molar-refractivity contribution in [2.24, 2.45) is 0 Å². The van der Waals surface area contributed by atoms with E-state index in [1.807, 2.05) is 0 Å². The fourth-order valence-corrected chi connectivity index (χ4v) is 2.24. The number of nitrogens with zero attached hydrogens (tertiary/aromatic N) is 1. The molecule has 1 heterocycles. The van der Waals surface area contributed by atoms with Gasteiger partial charge in [0.15, 0.2) is 11.9 Å². The first-order valence-electron chi connectivity index (χ1n) is 6.59. The van der Waals surface area contributed by atoms with Crippen LogP contribution in [0.2, 0.25) is 5.02 Å². The SMILES string of the molecule is CC(Oc1ccc(Cl)cc1[N+](=O)[O-])C(=O)NC1CCNC1.Cl. The van der Waals surface area contributed by atoms with Crippen LogP contribution in [0.25, 0.3) is 0 Å². The van der Waals surface area contributed by atoms with E-state index in [1.54, 1.807) is 6.92 Å². The molecule has 1 aliphatic rings. The topological polar surface area (TPSA) is 93.5 Å². The summed E-state index contributed by atoms with van der Waals surface area (Å²) in [5, 5.41) is 17.2. The van der Waals surface area contributed by atoms with Crippen LogP contribution >= 0.6 is 24.0 Å². The molecule has 0 radical (unpaired) electrons. The van der Waals surface area contributed by atoms with Crippen LogP contribution in [-0.4, -0.2) is 36.1 Å². The third-order valence-corrected chi connectivity index (χ3v) is 3.43. The molecule has 1 aromatic rings. The molecule has 1 saturated heterocycles. The molecular weight excluding hydrogens is 333 g/mol. The van der Waals surface area contributed by atoms with Crippen molar-refractivity contribution in [3.63, 3.8) is 0 Å². The zero-order valence-electron chi connectivity index (χ0n) is 11.9. The van der Waals surface area contributed by atoms with E-state index in [2.05, 4.69) is 10.6 Å². The van der Waals surface area contributed by atoms with Gasteiger partial charge in [-0.1, -0.05) is 11.6 Å². The molecule has 122 valence electrons. The van der Waals surface area contributed by atoms with Crippen molar-refractivity contribution in [2.75, 3.05) is 13.1 Å². The minimum absolute atomic E-state index is 0. The van der Waals surface area contributed by atoms with Crippen molar-refractivity contribution in [3.05, 3.63) is 33.3 Å². The van der Waals surface area contributed by atoms with Crippen LogP contribution in [-0.2, 0) is 4.79 Å². The molecule has 0 saturated carbocycles. The summed E-state index contributed by atoms with van der Waals surface area (Å²) in [6, 6.07) is 4.14. The first kappa shape index (κ1) is 18.5. The number of carbonyl (C=O) groups excluding carboxylic acids is 1. The van der Waals surface area contributed by atoms with Gasteiger partial charge in [0.05, 0.1) is 4.92 Å². The number of nitrogens with one attached hydrogen (secondary N) is 2. The lowest BCUT2D eigenvalue weighted by Crippen LogP contribution is -2.43. The summed E-state index contributed by atoms with van der Waals surface area (Å²) < 4.78 is 5.40. The molecule has 2 atom stereocenters. The maximum atomic E-state index is 12.0. The van der Waals surface area contributed by atoms with E-state index in [1.165, 1.54) is 18.2 Å². The summed E-state index contributed by atoms with van der Waals surface area (Å²) in [4.78, 5) is 22.4. The molecule has 0 spiro atoms. The van der Waals surface area contributed by atoms with Gasteiger partial charge in [0.25, 0.3) is 5.91 Å². The van der Waals surface area contributed by atoms with E-state index in [-0.39, 0.29) is 40.8 Å². The molecule has 1 amide bonds. The molecule has 1 fully saturated rings. The average molecular weight is 350 g/mol. The zero-order chi connectivity index (χ0) is 15.4. The third-order valence-electron chi connectivity index (χ3n) is 3.20. The van der Waals surface area contributed by atoms with Crippen LogP contribution in [0.3, 0.4) is 0 Å². The molecular formula is C13H17Cl2N3O4. The van der Waals surface area contributed by atoms with Gasteiger partial charge in [0, 0.05) is 23.7 Å². The van der Waals surface area contributed by atoms with Gasteiger partial charge < -0.3 is 15.4 Å². The zero-order valence-corrected chi connectivity index (χ0v) is 13.4. The van der Waals surface area contributed by atoms with Crippen LogP contribution in [0.15, 0.2) is 18.2 Å². The molecule has 7 nitrogen and oxygen atoms in total. The predicted octanol–water partition coefficient (Wildman–Crippen LogP) is 1.92. The summed E-state index contributed by atoms with van der Waals surface area (Å²) in [5.41, 5.74) is -0.260. The van der Waals surface area contributed by atoms with E-state index in [9.17, 15) is 14.9 Å². The van der Waals surface area contributed by atoms with Crippen molar-refractivity contribution >= 4 is 35.6 Å². The van der Waals surface area contributed by atoms with Gasteiger partial charge in [-0.05, 0) is 32.0 Å². The smallest absolute Gasteiger partial charge is 0.312 e. The number of ether oxygens (including phenoxy) is 1. The Morgan fingerprint density at radius 1 is 1.59 bits per heavy atom. The molecule has 22 heavy (non-hydrogen) atoms. The van der Waals surface area contributed by atoms with Gasteiger partial charge in [-0.25, -0.2) is 0 Å². The normalized spacial score (nSPS) is 18.2. The van der Waals surface area contributed by atoms with Crippen LogP contribution in [0, 0.1) is 10.1 Å². The second-order valence-electron chi connectivity index (χ2n) is 4.83. The lowest BCUT2D eigenvalue weighted by molar-refractivity contribution is -0.386. The number of hydrogen-bond acceptors (Lipinski definition) is 5. The van der Waals surface area contributed by atoms with E-state index in [4.69, 9.17) is 16.3 Å². The van der Waals surface area contributed by atoms with E-state index in [0.717, 1.165) is 19.5 Å². The Bertz CT molecular complexity index is 550. The molecule has 9 heteroatoms.